The van der Waals surface area contributed by atoms with Crippen molar-refractivity contribution in [3.8, 4) is 0 Å². The van der Waals surface area contributed by atoms with Crippen molar-refractivity contribution in [3.05, 3.63) is 18.0 Å². The highest BCUT2D eigenvalue weighted by Crippen LogP contribution is 2.35. The monoisotopic (exact) mass is 320 g/mol. The van der Waals surface area contributed by atoms with Crippen LogP contribution in [-0.4, -0.2) is 57.4 Å². The molecule has 0 aromatic carbocycles. The average molecular weight is 320 g/mol. The molecule has 0 saturated carbocycles. The number of ether oxygens (including phenoxy) is 1. The lowest BCUT2D eigenvalue weighted by Crippen LogP contribution is -2.47. The van der Waals surface area contributed by atoms with Crippen LogP contribution in [0.4, 0.5) is 4.79 Å². The van der Waals surface area contributed by atoms with Gasteiger partial charge in [0.25, 0.3) is 0 Å². The lowest BCUT2D eigenvalue weighted by molar-refractivity contribution is 0.0133. The molecule has 0 spiro atoms. The predicted molar refractivity (Wildman–Crippen MR) is 88.1 cm³/mol. The average Bonchev–Trinajstić information content (AvgIpc) is 3.16. The van der Waals surface area contributed by atoms with Crippen LogP contribution in [0.3, 0.4) is 0 Å². The maximum Gasteiger partial charge on any atom is 0.410 e. The highest BCUT2D eigenvalue weighted by Gasteiger charge is 2.35. The number of H-pyrrole nitrogens is 1. The fourth-order valence-electron chi connectivity index (χ4n) is 3.72. The van der Waals surface area contributed by atoms with Crippen molar-refractivity contribution in [1.29, 1.82) is 0 Å². The molecule has 3 heterocycles. The third-order valence-corrected chi connectivity index (χ3v) is 4.76. The van der Waals surface area contributed by atoms with E-state index >= 15 is 0 Å². The topological polar surface area (TPSA) is 61.5 Å². The number of carbonyl (C=O) groups is 1. The Balaban J connectivity index is 1.55. The third kappa shape index (κ3) is 3.86. The van der Waals surface area contributed by atoms with Crippen LogP contribution in [0, 0.1) is 0 Å². The fourth-order valence-corrected chi connectivity index (χ4v) is 3.72. The van der Waals surface area contributed by atoms with E-state index in [1.54, 1.807) is 0 Å². The molecule has 1 aromatic heterocycles. The van der Waals surface area contributed by atoms with E-state index in [2.05, 4.69) is 21.2 Å². The Morgan fingerprint density at radius 1 is 1.26 bits per heavy atom. The molecule has 0 bridgehead atoms. The van der Waals surface area contributed by atoms with Crippen molar-refractivity contribution >= 4 is 6.09 Å². The van der Waals surface area contributed by atoms with Gasteiger partial charge in [-0.25, -0.2) is 4.79 Å². The van der Waals surface area contributed by atoms with Crippen LogP contribution in [0.5, 0.6) is 0 Å². The summed E-state index contributed by atoms with van der Waals surface area (Å²) >= 11 is 0. The number of aromatic nitrogens is 2. The van der Waals surface area contributed by atoms with Crippen molar-refractivity contribution in [2.24, 2.45) is 0 Å². The first-order valence-electron chi connectivity index (χ1n) is 8.67. The number of piperidine rings is 1. The minimum Gasteiger partial charge on any atom is -0.444 e. The first-order valence-corrected chi connectivity index (χ1v) is 8.67. The number of nitrogens with one attached hydrogen (secondary N) is 1. The van der Waals surface area contributed by atoms with Gasteiger partial charge in [0.15, 0.2) is 0 Å². The van der Waals surface area contributed by atoms with Gasteiger partial charge < -0.3 is 9.64 Å². The lowest BCUT2D eigenvalue weighted by Gasteiger charge is -2.39. The van der Waals surface area contributed by atoms with Crippen LogP contribution >= 0.6 is 0 Å². The number of hydrogen-bond donors (Lipinski definition) is 1. The van der Waals surface area contributed by atoms with Gasteiger partial charge in [-0.1, -0.05) is 0 Å². The molecule has 2 saturated heterocycles. The first kappa shape index (κ1) is 16.3. The Bertz CT molecular complexity index is 515. The van der Waals surface area contributed by atoms with Crippen LogP contribution in [0.2, 0.25) is 0 Å². The van der Waals surface area contributed by atoms with Crippen molar-refractivity contribution in [3.63, 3.8) is 0 Å². The highest BCUT2D eigenvalue weighted by atomic mass is 16.6. The van der Waals surface area contributed by atoms with E-state index < -0.39 is 5.60 Å². The molecule has 128 valence electrons. The molecule has 2 aliphatic rings. The van der Waals surface area contributed by atoms with Gasteiger partial charge in [-0.3, -0.25) is 10.00 Å². The first-order chi connectivity index (χ1) is 10.9. The summed E-state index contributed by atoms with van der Waals surface area (Å²) in [6.07, 6.45) is 6.11. The molecule has 23 heavy (non-hydrogen) atoms. The van der Waals surface area contributed by atoms with E-state index in [9.17, 15) is 4.79 Å². The molecule has 0 aliphatic carbocycles. The standard InChI is InChI=1S/C17H28N4O2/c1-17(2,3)23-16(22)20-11-7-13(8-12-20)21-10-4-5-15(21)14-6-9-18-19-14/h6,9,13,15H,4-5,7-8,10-12H2,1-3H3,(H,18,19). The van der Waals surface area contributed by atoms with Gasteiger partial charge >= 0.3 is 6.09 Å². The van der Waals surface area contributed by atoms with Gasteiger partial charge in [0.2, 0.25) is 0 Å². The van der Waals surface area contributed by atoms with Gasteiger partial charge in [0.05, 0.1) is 11.7 Å². The van der Waals surface area contributed by atoms with Crippen LogP contribution in [0.1, 0.15) is 58.2 Å². The summed E-state index contributed by atoms with van der Waals surface area (Å²) in [6.45, 7) is 8.45. The summed E-state index contributed by atoms with van der Waals surface area (Å²) in [4.78, 5) is 16.6. The molecule has 1 atom stereocenters. The number of carbonyl (C=O) groups excluding carboxylic acids is 1. The Labute approximate surface area is 138 Å². The number of hydrogen-bond acceptors (Lipinski definition) is 4. The van der Waals surface area contributed by atoms with Crippen molar-refractivity contribution in [2.45, 2.75) is 64.1 Å². The Kier molecular flexibility index (Phi) is 4.62. The van der Waals surface area contributed by atoms with E-state index in [1.807, 2.05) is 31.9 Å². The number of nitrogens with zero attached hydrogens (tertiary/aromatic N) is 3. The molecular formula is C17H28N4O2. The van der Waals surface area contributed by atoms with Crippen molar-refractivity contribution in [1.82, 2.24) is 20.0 Å². The minimum absolute atomic E-state index is 0.178. The zero-order valence-corrected chi connectivity index (χ0v) is 14.4. The molecular weight excluding hydrogens is 292 g/mol. The Hall–Kier alpha value is -1.56. The van der Waals surface area contributed by atoms with Crippen LogP contribution < -0.4 is 0 Å². The Morgan fingerprint density at radius 2 is 2.00 bits per heavy atom. The van der Waals surface area contributed by atoms with Gasteiger partial charge in [-0.05, 0) is 59.1 Å². The van der Waals surface area contributed by atoms with E-state index in [0.29, 0.717) is 12.1 Å². The van der Waals surface area contributed by atoms with E-state index in [4.69, 9.17) is 4.74 Å². The molecule has 0 radical (unpaired) electrons. The SMILES string of the molecule is CC(C)(C)OC(=O)N1CCC(N2CCCC2c2ccn[nH]2)CC1. The van der Waals surface area contributed by atoms with Gasteiger partial charge in [0.1, 0.15) is 5.60 Å². The smallest absolute Gasteiger partial charge is 0.410 e. The third-order valence-electron chi connectivity index (χ3n) is 4.76. The summed E-state index contributed by atoms with van der Waals surface area (Å²) in [5.74, 6) is 0. The zero-order chi connectivity index (χ0) is 16.4. The summed E-state index contributed by atoms with van der Waals surface area (Å²) in [5.41, 5.74) is 0.797. The summed E-state index contributed by atoms with van der Waals surface area (Å²) < 4.78 is 5.48. The van der Waals surface area contributed by atoms with E-state index in [0.717, 1.165) is 32.5 Å². The molecule has 1 N–H and O–H groups in total. The van der Waals surface area contributed by atoms with Gasteiger partial charge in [-0.2, -0.15) is 5.10 Å². The Morgan fingerprint density at radius 3 is 2.61 bits per heavy atom. The van der Waals surface area contributed by atoms with E-state index in [-0.39, 0.29) is 6.09 Å². The summed E-state index contributed by atoms with van der Waals surface area (Å²) in [6, 6.07) is 3.08. The molecule has 1 unspecified atom stereocenters. The maximum atomic E-state index is 12.2. The molecule has 1 aromatic rings. The number of likely N-dealkylation sites (tertiary alicyclic amines) is 2. The maximum absolute atomic E-state index is 12.2. The number of aromatic amines is 1. The molecule has 2 fully saturated rings. The predicted octanol–water partition coefficient (Wildman–Crippen LogP) is 2.95. The van der Waals surface area contributed by atoms with Crippen LogP contribution in [-0.2, 0) is 4.74 Å². The van der Waals surface area contributed by atoms with Crippen LogP contribution in [0.15, 0.2) is 12.3 Å². The van der Waals surface area contributed by atoms with Gasteiger partial charge in [-0.15, -0.1) is 0 Å². The molecule has 1 amide bonds. The molecule has 6 nitrogen and oxygen atoms in total. The largest absolute Gasteiger partial charge is 0.444 e. The second kappa shape index (κ2) is 6.51. The quantitative estimate of drug-likeness (QED) is 0.910. The number of amides is 1. The van der Waals surface area contributed by atoms with E-state index in [1.165, 1.54) is 18.5 Å². The second-order valence-corrected chi connectivity index (χ2v) is 7.61. The normalized spacial score (nSPS) is 24.1. The summed E-state index contributed by atoms with van der Waals surface area (Å²) in [7, 11) is 0. The number of rotatable bonds is 2. The van der Waals surface area contributed by atoms with Gasteiger partial charge in [0, 0.05) is 25.3 Å². The minimum atomic E-state index is -0.422. The fraction of sp³-hybridized carbons (Fsp3) is 0.765. The van der Waals surface area contributed by atoms with Crippen LogP contribution in [0.25, 0.3) is 0 Å². The lowest BCUT2D eigenvalue weighted by atomic mass is 10.0. The molecule has 2 aliphatic heterocycles. The summed E-state index contributed by atoms with van der Waals surface area (Å²) in [5, 5.41) is 7.22. The molecule has 3 rings (SSSR count). The highest BCUT2D eigenvalue weighted by molar-refractivity contribution is 5.68. The van der Waals surface area contributed by atoms with Crippen molar-refractivity contribution in [2.75, 3.05) is 19.6 Å². The zero-order valence-electron chi connectivity index (χ0n) is 14.4. The molecule has 6 heteroatoms. The second-order valence-electron chi connectivity index (χ2n) is 7.61. The van der Waals surface area contributed by atoms with Crippen molar-refractivity contribution < 1.29 is 9.53 Å².